The molecule has 0 radical (unpaired) electrons. The first kappa shape index (κ1) is 14.3. The van der Waals surface area contributed by atoms with Gasteiger partial charge in [0.2, 0.25) is 5.95 Å². The van der Waals surface area contributed by atoms with Crippen molar-refractivity contribution in [1.29, 1.82) is 0 Å². The zero-order valence-corrected chi connectivity index (χ0v) is 12.3. The summed E-state index contributed by atoms with van der Waals surface area (Å²) in [6, 6.07) is 5.43. The number of urea groups is 1. The van der Waals surface area contributed by atoms with Crippen molar-refractivity contribution in [3.05, 3.63) is 18.2 Å². The highest BCUT2D eigenvalue weighted by molar-refractivity contribution is 5.76. The molecular weight excluding hydrogens is 284 g/mol. The van der Waals surface area contributed by atoms with E-state index >= 15 is 0 Å². The SMILES string of the molecule is CNC(=O)N1CCC(Oc2ccc3nc(N)nnc3c2)CC1. The largest absolute Gasteiger partial charge is 0.490 e. The van der Waals surface area contributed by atoms with Crippen LogP contribution in [-0.4, -0.2) is 52.4 Å². The van der Waals surface area contributed by atoms with Gasteiger partial charge in [-0.25, -0.2) is 9.78 Å². The second kappa shape index (κ2) is 6.00. The smallest absolute Gasteiger partial charge is 0.317 e. The predicted octanol–water partition coefficient (Wildman–Crippen LogP) is 0.790. The molecule has 22 heavy (non-hydrogen) atoms. The summed E-state index contributed by atoms with van der Waals surface area (Å²) in [7, 11) is 1.64. The quantitative estimate of drug-likeness (QED) is 0.849. The summed E-state index contributed by atoms with van der Waals surface area (Å²) in [5, 5.41) is 10.4. The zero-order chi connectivity index (χ0) is 15.5. The van der Waals surface area contributed by atoms with Crippen LogP contribution in [0.4, 0.5) is 10.7 Å². The van der Waals surface area contributed by atoms with E-state index in [1.54, 1.807) is 18.0 Å². The number of anilines is 1. The van der Waals surface area contributed by atoms with Crippen LogP contribution in [0, 0.1) is 0 Å². The lowest BCUT2D eigenvalue weighted by molar-refractivity contribution is 0.112. The Morgan fingerprint density at radius 3 is 2.82 bits per heavy atom. The number of piperidine rings is 1. The number of aromatic nitrogens is 3. The Kier molecular flexibility index (Phi) is 3.90. The molecule has 2 heterocycles. The van der Waals surface area contributed by atoms with Crippen LogP contribution in [-0.2, 0) is 0 Å². The normalized spacial score (nSPS) is 15.8. The Balaban J connectivity index is 1.64. The number of nitrogens with two attached hydrogens (primary N) is 1. The molecule has 1 aliphatic rings. The van der Waals surface area contributed by atoms with Gasteiger partial charge < -0.3 is 20.7 Å². The molecule has 0 saturated carbocycles. The van der Waals surface area contributed by atoms with E-state index in [0.717, 1.165) is 18.6 Å². The molecule has 1 aromatic heterocycles. The van der Waals surface area contributed by atoms with Crippen LogP contribution in [0.3, 0.4) is 0 Å². The van der Waals surface area contributed by atoms with Gasteiger partial charge in [0.25, 0.3) is 0 Å². The van der Waals surface area contributed by atoms with Crippen molar-refractivity contribution < 1.29 is 9.53 Å². The maximum absolute atomic E-state index is 11.5. The molecule has 116 valence electrons. The highest BCUT2D eigenvalue weighted by atomic mass is 16.5. The molecule has 1 aromatic carbocycles. The van der Waals surface area contributed by atoms with Crippen LogP contribution >= 0.6 is 0 Å². The summed E-state index contributed by atoms with van der Waals surface area (Å²) in [5.41, 5.74) is 6.84. The Bertz CT molecular complexity index is 684. The van der Waals surface area contributed by atoms with Crippen molar-refractivity contribution in [2.45, 2.75) is 18.9 Å². The average molecular weight is 302 g/mol. The third-order valence-corrected chi connectivity index (χ3v) is 3.69. The summed E-state index contributed by atoms with van der Waals surface area (Å²) < 4.78 is 5.97. The molecule has 3 rings (SSSR count). The molecule has 0 spiro atoms. The van der Waals surface area contributed by atoms with Crippen molar-refractivity contribution in [2.75, 3.05) is 25.9 Å². The van der Waals surface area contributed by atoms with Crippen LogP contribution in [0.1, 0.15) is 12.8 Å². The number of nitrogens with one attached hydrogen (secondary N) is 1. The number of carbonyl (C=O) groups excluding carboxylic acids is 1. The Morgan fingerprint density at radius 2 is 2.09 bits per heavy atom. The molecule has 0 aliphatic carbocycles. The summed E-state index contributed by atoms with van der Waals surface area (Å²) in [5.74, 6) is 0.884. The minimum Gasteiger partial charge on any atom is -0.490 e. The van der Waals surface area contributed by atoms with Gasteiger partial charge in [0.05, 0.1) is 5.52 Å². The number of ether oxygens (including phenoxy) is 1. The van der Waals surface area contributed by atoms with Gasteiger partial charge in [0.1, 0.15) is 17.4 Å². The van der Waals surface area contributed by atoms with Gasteiger partial charge >= 0.3 is 6.03 Å². The van der Waals surface area contributed by atoms with Crippen molar-refractivity contribution in [2.24, 2.45) is 0 Å². The van der Waals surface area contributed by atoms with E-state index in [1.165, 1.54) is 0 Å². The molecule has 0 unspecified atom stereocenters. The first-order chi connectivity index (χ1) is 10.7. The second-order valence-electron chi connectivity index (χ2n) is 5.18. The molecule has 0 bridgehead atoms. The lowest BCUT2D eigenvalue weighted by Gasteiger charge is -2.31. The fourth-order valence-electron chi connectivity index (χ4n) is 2.53. The maximum Gasteiger partial charge on any atom is 0.317 e. The van der Waals surface area contributed by atoms with Crippen LogP contribution < -0.4 is 15.8 Å². The number of carbonyl (C=O) groups is 1. The van der Waals surface area contributed by atoms with E-state index in [4.69, 9.17) is 10.5 Å². The number of amides is 2. The molecular formula is C14H18N6O2. The van der Waals surface area contributed by atoms with E-state index in [9.17, 15) is 4.79 Å². The molecule has 8 heteroatoms. The van der Waals surface area contributed by atoms with E-state index in [2.05, 4.69) is 20.5 Å². The number of likely N-dealkylation sites (tertiary alicyclic amines) is 1. The van der Waals surface area contributed by atoms with Gasteiger partial charge in [-0.2, -0.15) is 0 Å². The van der Waals surface area contributed by atoms with Gasteiger partial charge in [-0.3, -0.25) is 0 Å². The average Bonchev–Trinajstić information content (AvgIpc) is 2.55. The fourth-order valence-corrected chi connectivity index (χ4v) is 2.53. The van der Waals surface area contributed by atoms with Crippen LogP contribution in [0.25, 0.3) is 11.0 Å². The summed E-state index contributed by atoms with van der Waals surface area (Å²) in [6.07, 6.45) is 1.70. The number of nitrogens with zero attached hydrogens (tertiary/aromatic N) is 4. The third-order valence-electron chi connectivity index (χ3n) is 3.69. The molecule has 1 aliphatic heterocycles. The molecule has 8 nitrogen and oxygen atoms in total. The first-order valence-electron chi connectivity index (χ1n) is 7.19. The van der Waals surface area contributed by atoms with Gasteiger partial charge in [0.15, 0.2) is 0 Å². The van der Waals surface area contributed by atoms with E-state index < -0.39 is 0 Å². The van der Waals surface area contributed by atoms with Crippen LogP contribution in [0.2, 0.25) is 0 Å². The molecule has 1 fully saturated rings. The second-order valence-corrected chi connectivity index (χ2v) is 5.18. The van der Waals surface area contributed by atoms with Crippen LogP contribution in [0.15, 0.2) is 18.2 Å². The zero-order valence-electron chi connectivity index (χ0n) is 12.3. The Hall–Kier alpha value is -2.64. The minimum atomic E-state index is -0.0388. The summed E-state index contributed by atoms with van der Waals surface area (Å²) in [6.45, 7) is 1.38. The van der Waals surface area contributed by atoms with Gasteiger partial charge in [0, 0.05) is 39.0 Å². The lowest BCUT2D eigenvalue weighted by Crippen LogP contribution is -2.45. The number of hydrogen-bond acceptors (Lipinski definition) is 6. The van der Waals surface area contributed by atoms with Crippen molar-refractivity contribution in [3.63, 3.8) is 0 Å². The van der Waals surface area contributed by atoms with E-state index in [0.29, 0.717) is 24.1 Å². The van der Waals surface area contributed by atoms with Gasteiger partial charge in [-0.1, -0.05) is 0 Å². The molecule has 2 amide bonds. The van der Waals surface area contributed by atoms with Crippen molar-refractivity contribution >= 4 is 23.0 Å². The van der Waals surface area contributed by atoms with Gasteiger partial charge in [-0.15, -0.1) is 10.2 Å². The Labute approximate surface area is 127 Å². The summed E-state index contributed by atoms with van der Waals surface area (Å²) >= 11 is 0. The highest BCUT2D eigenvalue weighted by Crippen LogP contribution is 2.22. The molecule has 1 saturated heterocycles. The van der Waals surface area contributed by atoms with Crippen molar-refractivity contribution in [3.8, 4) is 5.75 Å². The van der Waals surface area contributed by atoms with Crippen LogP contribution in [0.5, 0.6) is 5.75 Å². The standard InChI is InChI=1S/C14H18N6O2/c1-16-14(21)20-6-4-9(5-7-20)22-10-2-3-11-12(8-10)18-19-13(15)17-11/h2-3,8-9H,4-7H2,1H3,(H,16,21)(H2,15,17,19). The fraction of sp³-hybridized carbons (Fsp3) is 0.429. The topological polar surface area (TPSA) is 106 Å². The molecule has 0 atom stereocenters. The highest BCUT2D eigenvalue weighted by Gasteiger charge is 2.23. The first-order valence-corrected chi connectivity index (χ1v) is 7.19. The lowest BCUT2D eigenvalue weighted by atomic mass is 10.1. The molecule has 3 N–H and O–H groups in total. The number of nitrogen functional groups attached to an aromatic ring is 1. The number of benzene rings is 1. The number of rotatable bonds is 2. The Morgan fingerprint density at radius 1 is 1.32 bits per heavy atom. The van der Waals surface area contributed by atoms with E-state index in [1.807, 2.05) is 12.1 Å². The summed E-state index contributed by atoms with van der Waals surface area (Å²) in [4.78, 5) is 17.4. The molecule has 2 aromatic rings. The monoisotopic (exact) mass is 302 g/mol. The van der Waals surface area contributed by atoms with E-state index in [-0.39, 0.29) is 18.1 Å². The predicted molar refractivity (Wildman–Crippen MR) is 81.4 cm³/mol. The third kappa shape index (κ3) is 3.00. The van der Waals surface area contributed by atoms with Gasteiger partial charge in [-0.05, 0) is 12.1 Å². The minimum absolute atomic E-state index is 0.0388. The number of hydrogen-bond donors (Lipinski definition) is 2. The van der Waals surface area contributed by atoms with Crippen molar-refractivity contribution in [1.82, 2.24) is 25.4 Å². The number of fused-ring (bicyclic) bond motifs is 1. The maximum atomic E-state index is 11.5.